The molecule has 2 unspecified atom stereocenters. The van der Waals surface area contributed by atoms with Gasteiger partial charge < -0.3 is 15.6 Å². The minimum Gasteiger partial charge on any atom is -0.359 e. The maximum atomic E-state index is 11.3. The van der Waals surface area contributed by atoms with Gasteiger partial charge in [-0.3, -0.25) is 4.79 Å². The van der Waals surface area contributed by atoms with E-state index in [1.54, 1.807) is 6.92 Å². The fourth-order valence-electron chi connectivity index (χ4n) is 4.51. The standard InChI is InChI=1S/C19H25N3O/c1-12(23)22-19-11-21-18-5-4-13(8-17(18)19)2-3-14-6-15-9-20-10-16(15)7-14/h4-5,8,11,14-16,20-21H,2-3,6-7,9-10H2,1H3,(H,22,23). The van der Waals surface area contributed by atoms with Crippen molar-refractivity contribution in [3.05, 3.63) is 30.0 Å². The Morgan fingerprint density at radius 2 is 2.04 bits per heavy atom. The van der Waals surface area contributed by atoms with Crippen molar-refractivity contribution in [2.24, 2.45) is 17.8 Å². The second kappa shape index (κ2) is 6.00. The fraction of sp³-hybridized carbons (Fsp3) is 0.526. The number of aromatic amines is 1. The number of carbonyl (C=O) groups excluding carboxylic acids is 1. The van der Waals surface area contributed by atoms with Crippen molar-refractivity contribution < 1.29 is 4.79 Å². The Morgan fingerprint density at radius 3 is 2.78 bits per heavy atom. The summed E-state index contributed by atoms with van der Waals surface area (Å²) in [4.78, 5) is 14.5. The van der Waals surface area contributed by atoms with Crippen LogP contribution in [0.15, 0.2) is 24.4 Å². The molecule has 0 spiro atoms. The normalized spacial score (nSPS) is 26.6. The molecule has 1 amide bonds. The Bertz CT molecular complexity index is 708. The summed E-state index contributed by atoms with van der Waals surface area (Å²) in [6.45, 7) is 4.02. The zero-order valence-electron chi connectivity index (χ0n) is 13.7. The fourth-order valence-corrected chi connectivity index (χ4v) is 4.51. The zero-order valence-corrected chi connectivity index (χ0v) is 13.7. The molecule has 1 aliphatic carbocycles. The number of benzene rings is 1. The van der Waals surface area contributed by atoms with Crippen molar-refractivity contribution in [1.82, 2.24) is 10.3 Å². The van der Waals surface area contributed by atoms with Gasteiger partial charge in [0.15, 0.2) is 0 Å². The number of H-pyrrole nitrogens is 1. The lowest BCUT2D eigenvalue weighted by Crippen LogP contribution is -2.12. The third-order valence-corrected chi connectivity index (χ3v) is 5.65. The third kappa shape index (κ3) is 3.00. The summed E-state index contributed by atoms with van der Waals surface area (Å²) >= 11 is 0. The lowest BCUT2D eigenvalue weighted by Gasteiger charge is -2.11. The minimum atomic E-state index is -0.0255. The van der Waals surface area contributed by atoms with E-state index in [0.29, 0.717) is 0 Å². The first-order chi connectivity index (χ1) is 11.2. The monoisotopic (exact) mass is 311 g/mol. The number of nitrogens with one attached hydrogen (secondary N) is 3. The van der Waals surface area contributed by atoms with Crippen LogP contribution in [0, 0.1) is 17.8 Å². The Hall–Kier alpha value is -1.81. The van der Waals surface area contributed by atoms with Gasteiger partial charge in [-0.1, -0.05) is 6.07 Å². The summed E-state index contributed by atoms with van der Waals surface area (Å²) in [6, 6.07) is 6.57. The van der Waals surface area contributed by atoms with Gasteiger partial charge in [0.1, 0.15) is 0 Å². The van der Waals surface area contributed by atoms with E-state index in [1.165, 1.54) is 37.9 Å². The van der Waals surface area contributed by atoms with Crippen LogP contribution >= 0.6 is 0 Å². The summed E-state index contributed by atoms with van der Waals surface area (Å²) in [6.07, 6.45) is 7.11. The minimum absolute atomic E-state index is 0.0255. The van der Waals surface area contributed by atoms with Gasteiger partial charge in [0, 0.05) is 24.0 Å². The van der Waals surface area contributed by atoms with Crippen LogP contribution in [0.3, 0.4) is 0 Å². The number of aryl methyl sites for hydroxylation is 1. The molecule has 1 aromatic carbocycles. The van der Waals surface area contributed by atoms with Crippen LogP contribution in [-0.4, -0.2) is 24.0 Å². The molecule has 4 rings (SSSR count). The molecule has 2 atom stereocenters. The zero-order chi connectivity index (χ0) is 15.8. The molecule has 2 aromatic rings. The van der Waals surface area contributed by atoms with Crippen molar-refractivity contribution in [3.8, 4) is 0 Å². The van der Waals surface area contributed by atoms with Crippen LogP contribution in [0.5, 0.6) is 0 Å². The molecule has 2 fully saturated rings. The first-order valence-corrected chi connectivity index (χ1v) is 8.77. The van der Waals surface area contributed by atoms with E-state index in [1.807, 2.05) is 6.20 Å². The maximum Gasteiger partial charge on any atom is 0.221 e. The van der Waals surface area contributed by atoms with Gasteiger partial charge in [-0.15, -0.1) is 0 Å². The number of rotatable bonds is 4. The van der Waals surface area contributed by atoms with Crippen LogP contribution in [0.2, 0.25) is 0 Å². The Morgan fingerprint density at radius 1 is 1.26 bits per heavy atom. The first-order valence-electron chi connectivity index (χ1n) is 8.77. The second-order valence-electron chi connectivity index (χ2n) is 7.32. The van der Waals surface area contributed by atoms with E-state index in [4.69, 9.17) is 0 Å². The molecule has 0 bridgehead atoms. The SMILES string of the molecule is CC(=O)Nc1c[nH]c2ccc(CCC3CC4CNCC4C3)cc12. The smallest absolute Gasteiger partial charge is 0.221 e. The second-order valence-corrected chi connectivity index (χ2v) is 7.32. The van der Waals surface area contributed by atoms with Crippen LogP contribution in [-0.2, 0) is 11.2 Å². The molecule has 2 heterocycles. The van der Waals surface area contributed by atoms with E-state index in [2.05, 4.69) is 33.8 Å². The average molecular weight is 311 g/mol. The highest BCUT2D eigenvalue weighted by molar-refractivity contribution is 6.01. The molecule has 122 valence electrons. The number of amides is 1. The third-order valence-electron chi connectivity index (χ3n) is 5.65. The van der Waals surface area contributed by atoms with Gasteiger partial charge in [0.2, 0.25) is 5.91 Å². The van der Waals surface area contributed by atoms with Crippen molar-refractivity contribution in [1.29, 1.82) is 0 Å². The van der Waals surface area contributed by atoms with E-state index in [-0.39, 0.29) is 5.91 Å². The van der Waals surface area contributed by atoms with Crippen molar-refractivity contribution in [3.63, 3.8) is 0 Å². The lowest BCUT2D eigenvalue weighted by atomic mass is 9.96. The summed E-state index contributed by atoms with van der Waals surface area (Å²) in [5.41, 5.74) is 3.34. The molecule has 0 radical (unpaired) electrons. The first kappa shape index (κ1) is 14.8. The molecule has 1 saturated heterocycles. The molecule has 4 nitrogen and oxygen atoms in total. The van der Waals surface area contributed by atoms with E-state index >= 15 is 0 Å². The number of hydrogen-bond donors (Lipinski definition) is 3. The van der Waals surface area contributed by atoms with Crippen LogP contribution < -0.4 is 10.6 Å². The Balaban J connectivity index is 1.43. The van der Waals surface area contributed by atoms with Gasteiger partial charge in [0.05, 0.1) is 5.69 Å². The molecule has 2 aliphatic rings. The predicted octanol–water partition coefficient (Wildman–Crippen LogP) is 3.30. The van der Waals surface area contributed by atoms with Crippen LogP contribution in [0.25, 0.3) is 10.9 Å². The van der Waals surface area contributed by atoms with Gasteiger partial charge in [-0.05, 0) is 74.2 Å². The number of aromatic nitrogens is 1. The summed E-state index contributed by atoms with van der Waals surface area (Å²) in [5.74, 6) is 2.73. The van der Waals surface area contributed by atoms with Gasteiger partial charge in [-0.2, -0.15) is 0 Å². The van der Waals surface area contributed by atoms with E-state index < -0.39 is 0 Å². The molecule has 1 aromatic heterocycles. The largest absolute Gasteiger partial charge is 0.359 e. The Kier molecular flexibility index (Phi) is 3.85. The van der Waals surface area contributed by atoms with Crippen molar-refractivity contribution in [2.75, 3.05) is 18.4 Å². The molecule has 4 heteroatoms. The highest BCUT2D eigenvalue weighted by atomic mass is 16.1. The molecule has 1 saturated carbocycles. The highest BCUT2D eigenvalue weighted by Gasteiger charge is 2.36. The van der Waals surface area contributed by atoms with Crippen LogP contribution in [0.1, 0.15) is 31.7 Å². The van der Waals surface area contributed by atoms with Gasteiger partial charge in [0.25, 0.3) is 0 Å². The summed E-state index contributed by atoms with van der Waals surface area (Å²) < 4.78 is 0. The number of anilines is 1. The number of fused-ring (bicyclic) bond motifs is 2. The number of carbonyl (C=O) groups is 1. The molecular formula is C19H25N3O. The van der Waals surface area contributed by atoms with Gasteiger partial charge in [-0.25, -0.2) is 0 Å². The number of hydrogen-bond acceptors (Lipinski definition) is 2. The summed E-state index contributed by atoms with van der Waals surface area (Å²) in [7, 11) is 0. The van der Waals surface area contributed by atoms with Crippen molar-refractivity contribution >= 4 is 22.5 Å². The molecule has 1 aliphatic heterocycles. The maximum absolute atomic E-state index is 11.3. The van der Waals surface area contributed by atoms with Crippen LogP contribution in [0.4, 0.5) is 5.69 Å². The molecular weight excluding hydrogens is 286 g/mol. The summed E-state index contributed by atoms with van der Waals surface area (Å²) in [5, 5.41) is 7.54. The molecule has 23 heavy (non-hydrogen) atoms. The highest BCUT2D eigenvalue weighted by Crippen LogP contribution is 2.40. The van der Waals surface area contributed by atoms with Crippen molar-refractivity contribution in [2.45, 2.75) is 32.6 Å². The van der Waals surface area contributed by atoms with E-state index in [0.717, 1.165) is 40.8 Å². The van der Waals surface area contributed by atoms with E-state index in [9.17, 15) is 4.79 Å². The topological polar surface area (TPSA) is 56.9 Å². The lowest BCUT2D eigenvalue weighted by molar-refractivity contribution is -0.114. The Labute approximate surface area is 137 Å². The quantitative estimate of drug-likeness (QED) is 0.811. The molecule has 3 N–H and O–H groups in total. The predicted molar refractivity (Wildman–Crippen MR) is 93.5 cm³/mol. The van der Waals surface area contributed by atoms with Gasteiger partial charge >= 0.3 is 0 Å². The average Bonchev–Trinajstić information content (AvgIpc) is 3.19.